The van der Waals surface area contributed by atoms with Crippen LogP contribution < -0.4 is 0 Å². The summed E-state index contributed by atoms with van der Waals surface area (Å²) in [4.78, 5) is 10.6. The molecule has 1 N–H and O–H groups in total. The summed E-state index contributed by atoms with van der Waals surface area (Å²) in [6, 6.07) is 6.42. The molecular formula is C13H12N2O4. The van der Waals surface area contributed by atoms with Crippen molar-refractivity contribution in [3.8, 4) is 11.3 Å². The first-order chi connectivity index (χ1) is 9.02. The standard InChI is InChI=1S/C13H12N2O4/c1-8-5-11(12(15(17)18)6-9(8)2)13-4-3-10(19-13)7-14-16/h3-7,16H,1-2H3/b14-7+. The van der Waals surface area contributed by atoms with E-state index in [1.165, 1.54) is 6.07 Å². The Kier molecular flexibility index (Phi) is 3.33. The van der Waals surface area contributed by atoms with Gasteiger partial charge in [0.2, 0.25) is 0 Å². The molecule has 2 rings (SSSR count). The Bertz CT molecular complexity index is 659. The maximum atomic E-state index is 11.1. The topological polar surface area (TPSA) is 88.9 Å². The van der Waals surface area contributed by atoms with Gasteiger partial charge in [-0.3, -0.25) is 10.1 Å². The molecule has 0 radical (unpaired) electrons. The van der Waals surface area contributed by atoms with Crippen molar-refractivity contribution in [2.45, 2.75) is 13.8 Å². The van der Waals surface area contributed by atoms with Crippen molar-refractivity contribution in [2.24, 2.45) is 5.16 Å². The maximum absolute atomic E-state index is 11.1. The van der Waals surface area contributed by atoms with Crippen LogP contribution in [0.5, 0.6) is 0 Å². The van der Waals surface area contributed by atoms with Gasteiger partial charge in [-0.1, -0.05) is 5.16 Å². The van der Waals surface area contributed by atoms with Gasteiger partial charge in [0.15, 0.2) is 0 Å². The van der Waals surface area contributed by atoms with Crippen LogP contribution in [0.4, 0.5) is 5.69 Å². The van der Waals surface area contributed by atoms with Crippen LogP contribution in [0.2, 0.25) is 0 Å². The fourth-order valence-electron chi connectivity index (χ4n) is 1.77. The van der Waals surface area contributed by atoms with Crippen molar-refractivity contribution >= 4 is 11.9 Å². The molecule has 0 aliphatic rings. The number of nitro benzene ring substituents is 1. The summed E-state index contributed by atoms with van der Waals surface area (Å²) in [5.74, 6) is 0.690. The minimum absolute atomic E-state index is 0.00932. The Morgan fingerprint density at radius 3 is 2.63 bits per heavy atom. The van der Waals surface area contributed by atoms with Crippen LogP contribution in [0.1, 0.15) is 16.9 Å². The van der Waals surface area contributed by atoms with Crippen LogP contribution in [-0.4, -0.2) is 16.3 Å². The quantitative estimate of drug-likeness (QED) is 0.397. The molecule has 0 saturated heterocycles. The Hall–Kier alpha value is -2.63. The largest absolute Gasteiger partial charge is 0.455 e. The molecule has 0 unspecified atom stereocenters. The van der Waals surface area contributed by atoms with Gasteiger partial charge >= 0.3 is 0 Å². The molecule has 1 aromatic heterocycles. The average Bonchev–Trinajstić information content (AvgIpc) is 2.81. The van der Waals surface area contributed by atoms with E-state index in [4.69, 9.17) is 9.62 Å². The van der Waals surface area contributed by atoms with Gasteiger partial charge in [-0.05, 0) is 43.2 Å². The number of nitro groups is 1. The van der Waals surface area contributed by atoms with E-state index in [1.54, 1.807) is 18.2 Å². The van der Waals surface area contributed by atoms with Gasteiger partial charge in [0.25, 0.3) is 5.69 Å². The molecule has 0 spiro atoms. The maximum Gasteiger partial charge on any atom is 0.280 e. The second kappa shape index (κ2) is 4.93. The average molecular weight is 260 g/mol. The zero-order chi connectivity index (χ0) is 14.0. The molecule has 0 aliphatic carbocycles. The van der Waals surface area contributed by atoms with Crippen molar-refractivity contribution in [2.75, 3.05) is 0 Å². The molecule has 0 atom stereocenters. The van der Waals surface area contributed by atoms with Gasteiger partial charge in [0, 0.05) is 6.07 Å². The van der Waals surface area contributed by atoms with E-state index in [9.17, 15) is 10.1 Å². The molecule has 1 heterocycles. The normalized spacial score (nSPS) is 11.1. The van der Waals surface area contributed by atoms with E-state index < -0.39 is 4.92 Å². The van der Waals surface area contributed by atoms with Gasteiger partial charge in [-0.15, -0.1) is 0 Å². The molecule has 6 heteroatoms. The molecule has 2 aromatic rings. The summed E-state index contributed by atoms with van der Waals surface area (Å²) in [5, 5.41) is 22.4. The minimum Gasteiger partial charge on any atom is -0.455 e. The van der Waals surface area contributed by atoms with Crippen LogP contribution in [0.25, 0.3) is 11.3 Å². The lowest BCUT2D eigenvalue weighted by molar-refractivity contribution is -0.384. The lowest BCUT2D eigenvalue weighted by Crippen LogP contribution is -1.94. The summed E-state index contributed by atoms with van der Waals surface area (Å²) in [5.41, 5.74) is 2.18. The zero-order valence-electron chi connectivity index (χ0n) is 10.5. The van der Waals surface area contributed by atoms with Crippen LogP contribution in [0, 0.1) is 24.0 Å². The second-order valence-corrected chi connectivity index (χ2v) is 4.16. The number of benzene rings is 1. The van der Waals surface area contributed by atoms with Crippen LogP contribution in [0.15, 0.2) is 33.8 Å². The molecule has 0 fully saturated rings. The highest BCUT2D eigenvalue weighted by Crippen LogP contribution is 2.33. The predicted octanol–water partition coefficient (Wildman–Crippen LogP) is 3.28. The Morgan fingerprint density at radius 2 is 2.00 bits per heavy atom. The summed E-state index contributed by atoms with van der Waals surface area (Å²) in [7, 11) is 0. The summed E-state index contributed by atoms with van der Waals surface area (Å²) in [6.07, 6.45) is 1.12. The zero-order valence-corrected chi connectivity index (χ0v) is 10.5. The van der Waals surface area contributed by atoms with E-state index in [1.807, 2.05) is 13.8 Å². The smallest absolute Gasteiger partial charge is 0.280 e. The number of furan rings is 1. The van der Waals surface area contributed by atoms with Crippen molar-refractivity contribution in [1.29, 1.82) is 0 Å². The molecule has 0 bridgehead atoms. The fraction of sp³-hybridized carbons (Fsp3) is 0.154. The van der Waals surface area contributed by atoms with Gasteiger partial charge in [-0.25, -0.2) is 0 Å². The minimum atomic E-state index is -0.440. The third-order valence-electron chi connectivity index (χ3n) is 2.89. The van der Waals surface area contributed by atoms with E-state index in [2.05, 4.69) is 5.16 Å². The number of oxime groups is 1. The molecular weight excluding hydrogens is 248 g/mol. The monoisotopic (exact) mass is 260 g/mol. The number of nitrogens with zero attached hydrogens (tertiary/aromatic N) is 2. The Balaban J connectivity index is 2.59. The van der Waals surface area contributed by atoms with Crippen molar-refractivity contribution < 1.29 is 14.5 Å². The SMILES string of the molecule is Cc1cc(-c2ccc(/C=N/O)o2)c([N+](=O)[O-])cc1C. The summed E-state index contributed by atoms with van der Waals surface area (Å²) >= 11 is 0. The number of hydrogen-bond donors (Lipinski definition) is 1. The van der Waals surface area contributed by atoms with E-state index in [0.717, 1.165) is 17.3 Å². The van der Waals surface area contributed by atoms with Crippen LogP contribution >= 0.6 is 0 Å². The lowest BCUT2D eigenvalue weighted by atomic mass is 10.0. The Labute approximate surface area is 109 Å². The van der Waals surface area contributed by atoms with Gasteiger partial charge in [0.05, 0.1) is 10.5 Å². The highest BCUT2D eigenvalue weighted by Gasteiger charge is 2.19. The predicted molar refractivity (Wildman–Crippen MR) is 69.7 cm³/mol. The molecule has 0 saturated carbocycles. The molecule has 0 amide bonds. The van der Waals surface area contributed by atoms with Crippen LogP contribution in [0.3, 0.4) is 0 Å². The van der Waals surface area contributed by atoms with E-state index in [-0.39, 0.29) is 5.69 Å². The third kappa shape index (κ3) is 2.47. The number of hydrogen-bond acceptors (Lipinski definition) is 5. The first-order valence-corrected chi connectivity index (χ1v) is 5.56. The van der Waals surface area contributed by atoms with Crippen molar-refractivity contribution in [1.82, 2.24) is 0 Å². The Morgan fingerprint density at radius 1 is 1.32 bits per heavy atom. The van der Waals surface area contributed by atoms with Crippen LogP contribution in [-0.2, 0) is 0 Å². The van der Waals surface area contributed by atoms with Gasteiger partial charge < -0.3 is 9.62 Å². The van der Waals surface area contributed by atoms with E-state index >= 15 is 0 Å². The van der Waals surface area contributed by atoms with Gasteiger partial charge in [-0.2, -0.15) is 0 Å². The highest BCUT2D eigenvalue weighted by atomic mass is 16.6. The summed E-state index contributed by atoms with van der Waals surface area (Å²) in [6.45, 7) is 3.69. The summed E-state index contributed by atoms with van der Waals surface area (Å²) < 4.78 is 5.38. The number of rotatable bonds is 3. The molecule has 19 heavy (non-hydrogen) atoms. The first-order valence-electron chi connectivity index (χ1n) is 5.56. The van der Waals surface area contributed by atoms with Crippen molar-refractivity contribution in [3.05, 3.63) is 51.3 Å². The lowest BCUT2D eigenvalue weighted by Gasteiger charge is -2.04. The second-order valence-electron chi connectivity index (χ2n) is 4.16. The van der Waals surface area contributed by atoms with Gasteiger partial charge in [0.1, 0.15) is 17.7 Å². The van der Waals surface area contributed by atoms with E-state index in [0.29, 0.717) is 17.1 Å². The van der Waals surface area contributed by atoms with Crippen molar-refractivity contribution in [3.63, 3.8) is 0 Å². The molecule has 6 nitrogen and oxygen atoms in total. The molecule has 0 aliphatic heterocycles. The highest BCUT2D eigenvalue weighted by molar-refractivity contribution is 5.78. The molecule has 1 aromatic carbocycles. The fourth-order valence-corrected chi connectivity index (χ4v) is 1.77. The third-order valence-corrected chi connectivity index (χ3v) is 2.89. The first kappa shape index (κ1) is 12.8. The molecule has 98 valence electrons. The number of aryl methyl sites for hydroxylation is 2.